The van der Waals surface area contributed by atoms with Crippen LogP contribution in [0.5, 0.6) is 0 Å². The first-order valence-corrected chi connectivity index (χ1v) is 4.98. The largest absolute Gasteiger partial charge is 0.377 e. The fourth-order valence-corrected chi connectivity index (χ4v) is 0.907. The Bertz CT molecular complexity index is 113. The molecule has 0 amide bonds. The van der Waals surface area contributed by atoms with Crippen molar-refractivity contribution < 1.29 is 14.2 Å². The fourth-order valence-electron chi connectivity index (χ4n) is 0.699. The molecule has 0 radical (unpaired) electrons. The van der Waals surface area contributed by atoms with Gasteiger partial charge in [-0.2, -0.15) is 0 Å². The number of methoxy groups -OCH3 is 2. The van der Waals surface area contributed by atoms with Gasteiger partial charge in [0.2, 0.25) is 0 Å². The molecule has 0 fully saturated rings. The van der Waals surface area contributed by atoms with Crippen molar-refractivity contribution in [2.75, 3.05) is 27.4 Å². The van der Waals surface area contributed by atoms with Gasteiger partial charge in [0.1, 0.15) is 0 Å². The molecular weight excluding hydrogens is 271 g/mol. The summed E-state index contributed by atoms with van der Waals surface area (Å²) in [5.41, 5.74) is 0. The minimum Gasteiger partial charge on any atom is -0.377 e. The van der Waals surface area contributed by atoms with E-state index in [1.807, 2.05) is 10.2 Å². The van der Waals surface area contributed by atoms with E-state index in [0.29, 0.717) is 13.2 Å². The molecule has 0 aliphatic carbocycles. The molecule has 0 aliphatic heterocycles. The van der Waals surface area contributed by atoms with Gasteiger partial charge in [-0.1, -0.05) is 28.7 Å². The highest BCUT2D eigenvalue weighted by Crippen LogP contribution is 1.97. The highest BCUT2D eigenvalue weighted by atomic mass is 127. The average molecular weight is 286 g/mol. The minimum absolute atomic E-state index is 0.145. The fraction of sp³-hybridized carbons (Fsp3) is 0.750. The predicted octanol–water partition coefficient (Wildman–Crippen LogP) is 1.96. The lowest BCUT2D eigenvalue weighted by Crippen LogP contribution is -2.15. The van der Waals surface area contributed by atoms with Gasteiger partial charge < -0.3 is 14.2 Å². The molecule has 0 N–H and O–H groups in total. The lowest BCUT2D eigenvalue weighted by Gasteiger charge is -2.12. The normalized spacial score (nSPS) is 11.7. The number of halogens is 1. The Morgan fingerprint density at radius 2 is 2.00 bits per heavy atom. The monoisotopic (exact) mass is 286 g/mol. The zero-order valence-corrected chi connectivity index (χ0v) is 9.61. The lowest BCUT2D eigenvalue weighted by molar-refractivity contribution is -0.114. The van der Waals surface area contributed by atoms with Crippen molar-refractivity contribution >= 4 is 22.6 Å². The van der Waals surface area contributed by atoms with Crippen molar-refractivity contribution in [1.82, 2.24) is 0 Å². The molecular formula is C8H15IO3. The summed E-state index contributed by atoms with van der Waals surface area (Å²) in [4.78, 5) is 0. The van der Waals surface area contributed by atoms with Crippen LogP contribution < -0.4 is 0 Å². The molecule has 0 unspecified atom stereocenters. The van der Waals surface area contributed by atoms with E-state index in [0.717, 1.165) is 6.42 Å². The van der Waals surface area contributed by atoms with E-state index in [1.54, 1.807) is 14.2 Å². The summed E-state index contributed by atoms with van der Waals surface area (Å²) in [7, 11) is 3.25. The second-order valence-corrected chi connectivity index (χ2v) is 2.85. The van der Waals surface area contributed by atoms with Crippen LogP contribution in [0, 0.1) is 0 Å². The average Bonchev–Trinajstić information content (AvgIpc) is 2.11. The maximum Gasteiger partial charge on any atom is 0.159 e. The lowest BCUT2D eigenvalue weighted by atomic mass is 10.4. The first-order valence-electron chi connectivity index (χ1n) is 3.73. The molecule has 0 saturated carbocycles. The van der Waals surface area contributed by atoms with Crippen LogP contribution in [0.1, 0.15) is 6.42 Å². The van der Waals surface area contributed by atoms with Gasteiger partial charge in [0.05, 0.1) is 13.2 Å². The van der Waals surface area contributed by atoms with Gasteiger partial charge in [-0.15, -0.1) is 0 Å². The van der Waals surface area contributed by atoms with Gasteiger partial charge in [0, 0.05) is 20.6 Å². The highest BCUT2D eigenvalue weighted by Gasteiger charge is 2.02. The van der Waals surface area contributed by atoms with E-state index in [2.05, 4.69) is 22.6 Å². The van der Waals surface area contributed by atoms with Crippen molar-refractivity contribution in [3.63, 3.8) is 0 Å². The molecule has 0 bridgehead atoms. The highest BCUT2D eigenvalue weighted by molar-refractivity contribution is 14.1. The van der Waals surface area contributed by atoms with Gasteiger partial charge in [-0.05, 0) is 4.08 Å². The predicted molar refractivity (Wildman–Crippen MR) is 56.4 cm³/mol. The number of hydrogen-bond donors (Lipinski definition) is 0. The molecule has 0 atom stereocenters. The molecule has 0 rings (SSSR count). The summed E-state index contributed by atoms with van der Waals surface area (Å²) >= 11 is 2.16. The minimum atomic E-state index is -0.145. The van der Waals surface area contributed by atoms with Crippen molar-refractivity contribution in [2.24, 2.45) is 0 Å². The van der Waals surface area contributed by atoms with Crippen LogP contribution in [0.2, 0.25) is 0 Å². The maximum atomic E-state index is 5.26. The third-order valence-corrected chi connectivity index (χ3v) is 1.84. The zero-order valence-electron chi connectivity index (χ0n) is 7.46. The molecule has 0 spiro atoms. The Labute approximate surface area is 87.2 Å². The van der Waals surface area contributed by atoms with Crippen LogP contribution in [0.3, 0.4) is 0 Å². The Kier molecular flexibility index (Phi) is 9.71. The standard InChI is InChI=1S/C8H15IO3/c1-10-8(11-2)4-7-12-6-3-5-9/h3,5,8H,4,6-7H2,1-2H3/b5-3-. The van der Waals surface area contributed by atoms with E-state index >= 15 is 0 Å². The quantitative estimate of drug-likeness (QED) is 0.407. The summed E-state index contributed by atoms with van der Waals surface area (Å²) < 4.78 is 17.2. The summed E-state index contributed by atoms with van der Waals surface area (Å²) in [6.45, 7) is 1.32. The van der Waals surface area contributed by atoms with Crippen molar-refractivity contribution in [2.45, 2.75) is 12.7 Å². The van der Waals surface area contributed by atoms with Crippen LogP contribution in [0.4, 0.5) is 0 Å². The molecule has 12 heavy (non-hydrogen) atoms. The first-order chi connectivity index (χ1) is 5.85. The second-order valence-electron chi connectivity index (χ2n) is 2.13. The van der Waals surface area contributed by atoms with Crippen LogP contribution >= 0.6 is 22.6 Å². The molecule has 0 saturated heterocycles. The van der Waals surface area contributed by atoms with Crippen LogP contribution in [0.25, 0.3) is 0 Å². The van der Waals surface area contributed by atoms with Gasteiger partial charge in [0.15, 0.2) is 6.29 Å². The van der Waals surface area contributed by atoms with Crippen LogP contribution in [-0.2, 0) is 14.2 Å². The van der Waals surface area contributed by atoms with E-state index in [9.17, 15) is 0 Å². The number of hydrogen-bond acceptors (Lipinski definition) is 3. The SMILES string of the molecule is COC(CCOC/C=C\I)OC. The summed E-state index contributed by atoms with van der Waals surface area (Å²) in [6, 6.07) is 0. The summed E-state index contributed by atoms with van der Waals surface area (Å²) in [5.74, 6) is 0. The molecule has 72 valence electrons. The second kappa shape index (κ2) is 9.44. The first kappa shape index (κ1) is 12.3. The van der Waals surface area contributed by atoms with Crippen molar-refractivity contribution in [3.8, 4) is 0 Å². The topological polar surface area (TPSA) is 27.7 Å². The Morgan fingerprint density at radius 1 is 1.33 bits per heavy atom. The van der Waals surface area contributed by atoms with E-state index in [1.165, 1.54) is 0 Å². The van der Waals surface area contributed by atoms with E-state index in [4.69, 9.17) is 14.2 Å². The third kappa shape index (κ3) is 7.02. The molecule has 0 aromatic carbocycles. The van der Waals surface area contributed by atoms with Gasteiger partial charge in [0.25, 0.3) is 0 Å². The smallest absolute Gasteiger partial charge is 0.159 e. The van der Waals surface area contributed by atoms with Gasteiger partial charge >= 0.3 is 0 Å². The third-order valence-electron chi connectivity index (χ3n) is 1.33. The Hall–Kier alpha value is 0.350. The maximum absolute atomic E-state index is 5.26. The van der Waals surface area contributed by atoms with E-state index in [-0.39, 0.29) is 6.29 Å². The summed E-state index contributed by atoms with van der Waals surface area (Å²) in [6.07, 6.45) is 2.57. The Balaban J connectivity index is 3.17. The molecule has 0 aliphatic rings. The molecule has 0 aromatic heterocycles. The van der Waals surface area contributed by atoms with E-state index < -0.39 is 0 Å². The number of ether oxygens (including phenoxy) is 3. The van der Waals surface area contributed by atoms with Crippen molar-refractivity contribution in [3.05, 3.63) is 10.2 Å². The van der Waals surface area contributed by atoms with Crippen LogP contribution in [-0.4, -0.2) is 33.7 Å². The number of rotatable bonds is 7. The van der Waals surface area contributed by atoms with Gasteiger partial charge in [-0.3, -0.25) is 0 Å². The summed E-state index contributed by atoms with van der Waals surface area (Å²) in [5, 5.41) is 0. The van der Waals surface area contributed by atoms with Crippen molar-refractivity contribution in [1.29, 1.82) is 0 Å². The molecule has 0 aromatic rings. The van der Waals surface area contributed by atoms with Crippen LogP contribution in [0.15, 0.2) is 10.2 Å². The Morgan fingerprint density at radius 3 is 2.50 bits per heavy atom. The van der Waals surface area contributed by atoms with Gasteiger partial charge in [-0.25, -0.2) is 0 Å². The molecule has 4 heteroatoms. The molecule has 3 nitrogen and oxygen atoms in total. The zero-order chi connectivity index (χ0) is 9.23. The molecule has 0 heterocycles.